The van der Waals surface area contributed by atoms with Crippen molar-refractivity contribution in [2.45, 2.75) is 13.8 Å². The molecule has 0 atom stereocenters. The predicted octanol–water partition coefficient (Wildman–Crippen LogP) is 0.000800. The van der Waals surface area contributed by atoms with E-state index < -0.39 is 0 Å². The number of quaternary nitrogens is 1. The van der Waals surface area contributed by atoms with Crippen molar-refractivity contribution in [1.29, 1.82) is 0 Å². The molecule has 0 aliphatic carbocycles. The van der Waals surface area contributed by atoms with Crippen LogP contribution >= 0.6 is 0 Å². The summed E-state index contributed by atoms with van der Waals surface area (Å²) in [5, 5.41) is 0. The highest BCUT2D eigenvalue weighted by Gasteiger charge is 2.40. The largest absolute Gasteiger partial charge is 0.338 e. The first-order valence-corrected chi connectivity index (χ1v) is 6.54. The second-order valence-electron chi connectivity index (χ2n) is 5.08. The van der Waals surface area contributed by atoms with Gasteiger partial charge in [0.05, 0.1) is 19.6 Å². The molecule has 0 spiro atoms. The first-order chi connectivity index (χ1) is 7.69. The Hall–Kier alpha value is -0.610. The summed E-state index contributed by atoms with van der Waals surface area (Å²) in [4.78, 5) is 16.6. The highest BCUT2D eigenvalue weighted by Crippen LogP contribution is 2.19. The average Bonchev–Trinajstić information content (AvgIpc) is 2.32. The molecule has 3 heterocycles. The lowest BCUT2D eigenvalue weighted by atomic mass is 10.1. The molecule has 4 heteroatoms. The van der Waals surface area contributed by atoms with Crippen LogP contribution in [0.15, 0.2) is 0 Å². The first-order valence-electron chi connectivity index (χ1n) is 6.54. The Balaban J connectivity index is 1.95. The van der Waals surface area contributed by atoms with Gasteiger partial charge in [0.1, 0.15) is 0 Å². The summed E-state index contributed by atoms with van der Waals surface area (Å²) >= 11 is 0. The van der Waals surface area contributed by atoms with Crippen molar-refractivity contribution < 1.29 is 9.28 Å². The van der Waals surface area contributed by atoms with Crippen LogP contribution in [0.1, 0.15) is 13.8 Å². The smallest absolute Gasteiger partial charge is 0.277 e. The third kappa shape index (κ3) is 2.23. The molecule has 0 aromatic carbocycles. The van der Waals surface area contributed by atoms with Crippen molar-refractivity contribution in [2.75, 3.05) is 58.9 Å². The van der Waals surface area contributed by atoms with E-state index in [2.05, 4.69) is 18.7 Å². The van der Waals surface area contributed by atoms with Gasteiger partial charge in [-0.3, -0.25) is 9.69 Å². The number of piperazine rings is 3. The second-order valence-corrected chi connectivity index (χ2v) is 5.08. The van der Waals surface area contributed by atoms with Gasteiger partial charge in [-0.05, 0) is 13.8 Å². The molecule has 0 radical (unpaired) electrons. The highest BCUT2D eigenvalue weighted by molar-refractivity contribution is 5.77. The summed E-state index contributed by atoms with van der Waals surface area (Å²) in [5.74, 6) is 0.348. The molecule has 3 rings (SSSR count). The molecule has 92 valence electrons. The molecule has 0 saturated carbocycles. The number of hydrogen-bond acceptors (Lipinski definition) is 2. The van der Waals surface area contributed by atoms with E-state index in [1.807, 2.05) is 4.90 Å². The zero-order chi connectivity index (χ0) is 11.6. The number of carbonyl (C=O) groups is 1. The minimum Gasteiger partial charge on any atom is -0.338 e. The zero-order valence-corrected chi connectivity index (χ0v) is 10.6. The van der Waals surface area contributed by atoms with Gasteiger partial charge in [0.25, 0.3) is 5.91 Å². The number of amides is 1. The van der Waals surface area contributed by atoms with Crippen LogP contribution in [0.25, 0.3) is 0 Å². The van der Waals surface area contributed by atoms with E-state index in [0.29, 0.717) is 5.91 Å². The van der Waals surface area contributed by atoms with E-state index >= 15 is 0 Å². The zero-order valence-electron chi connectivity index (χ0n) is 10.6. The number of hydrogen-bond donors (Lipinski definition) is 0. The van der Waals surface area contributed by atoms with Crippen molar-refractivity contribution in [3.63, 3.8) is 0 Å². The van der Waals surface area contributed by atoms with Crippen LogP contribution in [0.4, 0.5) is 0 Å². The fraction of sp³-hybridized carbons (Fsp3) is 0.917. The molecule has 2 bridgehead atoms. The summed E-state index contributed by atoms with van der Waals surface area (Å²) in [5.41, 5.74) is 0. The second kappa shape index (κ2) is 4.72. The molecule has 0 aromatic heterocycles. The Morgan fingerprint density at radius 1 is 1.12 bits per heavy atom. The molecule has 4 nitrogen and oxygen atoms in total. The van der Waals surface area contributed by atoms with Gasteiger partial charge in [-0.1, -0.05) is 0 Å². The summed E-state index contributed by atoms with van der Waals surface area (Å²) in [6.07, 6.45) is 0. The van der Waals surface area contributed by atoms with Crippen LogP contribution < -0.4 is 0 Å². The van der Waals surface area contributed by atoms with E-state index in [1.165, 1.54) is 39.3 Å². The molecule has 16 heavy (non-hydrogen) atoms. The monoisotopic (exact) mass is 226 g/mol. The topological polar surface area (TPSA) is 23.6 Å². The Morgan fingerprint density at radius 2 is 1.62 bits per heavy atom. The lowest BCUT2D eigenvalue weighted by Gasteiger charge is -2.50. The quantitative estimate of drug-likeness (QED) is 0.630. The maximum Gasteiger partial charge on any atom is 0.277 e. The summed E-state index contributed by atoms with van der Waals surface area (Å²) in [7, 11) is 0. The number of likely N-dealkylation sites (N-methyl/N-ethyl adjacent to an activating group) is 1. The van der Waals surface area contributed by atoms with Gasteiger partial charge in [0.2, 0.25) is 0 Å². The Labute approximate surface area is 98.4 Å². The molecular formula is C12H24N3O+. The fourth-order valence-corrected chi connectivity index (χ4v) is 2.93. The lowest BCUT2D eigenvalue weighted by Crippen LogP contribution is -2.69. The molecule has 3 aliphatic heterocycles. The van der Waals surface area contributed by atoms with Crippen molar-refractivity contribution in [2.24, 2.45) is 0 Å². The highest BCUT2D eigenvalue weighted by atomic mass is 16.2. The average molecular weight is 226 g/mol. The molecule has 3 fully saturated rings. The van der Waals surface area contributed by atoms with Gasteiger partial charge in [0.15, 0.2) is 6.54 Å². The molecule has 1 amide bonds. The van der Waals surface area contributed by atoms with Gasteiger partial charge >= 0.3 is 0 Å². The normalized spacial score (nSPS) is 32.8. The van der Waals surface area contributed by atoms with Crippen LogP contribution in [0.2, 0.25) is 0 Å². The van der Waals surface area contributed by atoms with Crippen LogP contribution in [-0.4, -0.2) is 79.1 Å². The van der Waals surface area contributed by atoms with Crippen LogP contribution in [0.5, 0.6) is 0 Å². The standard InChI is InChI=1S/C12H24N3O/c1-3-14(4-2)12(16)11-15-8-5-13(6-9-15)7-10-15/h3-11H2,1-2H3/q+1. The number of nitrogens with zero attached hydrogens (tertiary/aromatic N) is 3. The number of carbonyl (C=O) groups excluding carboxylic acids is 1. The molecule has 0 unspecified atom stereocenters. The molecular weight excluding hydrogens is 202 g/mol. The minimum atomic E-state index is 0.348. The van der Waals surface area contributed by atoms with Crippen molar-refractivity contribution in [1.82, 2.24) is 9.80 Å². The third-order valence-corrected chi connectivity index (χ3v) is 4.26. The van der Waals surface area contributed by atoms with Crippen LogP contribution in [0, 0.1) is 0 Å². The van der Waals surface area contributed by atoms with Gasteiger partial charge in [-0.25, -0.2) is 0 Å². The van der Waals surface area contributed by atoms with Gasteiger partial charge < -0.3 is 9.38 Å². The van der Waals surface area contributed by atoms with Gasteiger partial charge in [-0.2, -0.15) is 0 Å². The Bertz CT molecular complexity index is 241. The SMILES string of the molecule is CCN(CC)C(=O)C[N+]12CCN(CC1)CC2. The molecule has 3 aliphatic rings. The third-order valence-electron chi connectivity index (χ3n) is 4.26. The van der Waals surface area contributed by atoms with Crippen molar-refractivity contribution >= 4 is 5.91 Å². The molecule has 0 aromatic rings. The van der Waals surface area contributed by atoms with Crippen molar-refractivity contribution in [3.05, 3.63) is 0 Å². The first kappa shape index (κ1) is 11.9. The Morgan fingerprint density at radius 3 is 2.06 bits per heavy atom. The maximum atomic E-state index is 12.2. The van der Waals surface area contributed by atoms with Crippen LogP contribution in [-0.2, 0) is 4.79 Å². The van der Waals surface area contributed by atoms with Crippen LogP contribution in [0.3, 0.4) is 0 Å². The molecule has 0 N–H and O–H groups in total. The van der Waals surface area contributed by atoms with Gasteiger partial charge in [-0.15, -0.1) is 0 Å². The number of rotatable bonds is 4. The minimum absolute atomic E-state index is 0.348. The summed E-state index contributed by atoms with van der Waals surface area (Å²) in [6, 6.07) is 0. The van der Waals surface area contributed by atoms with E-state index in [0.717, 1.165) is 24.1 Å². The summed E-state index contributed by atoms with van der Waals surface area (Å²) in [6.45, 7) is 13.6. The summed E-state index contributed by atoms with van der Waals surface area (Å²) < 4.78 is 1.05. The lowest BCUT2D eigenvalue weighted by molar-refractivity contribution is -0.934. The fourth-order valence-electron chi connectivity index (χ4n) is 2.93. The van der Waals surface area contributed by atoms with E-state index in [-0.39, 0.29) is 0 Å². The maximum absolute atomic E-state index is 12.2. The Kier molecular flexibility index (Phi) is 3.50. The van der Waals surface area contributed by atoms with Gasteiger partial charge in [0, 0.05) is 32.7 Å². The predicted molar refractivity (Wildman–Crippen MR) is 64.1 cm³/mol. The van der Waals surface area contributed by atoms with E-state index in [9.17, 15) is 4.79 Å². The molecule has 3 saturated heterocycles. The van der Waals surface area contributed by atoms with Crippen molar-refractivity contribution in [3.8, 4) is 0 Å². The number of fused-ring (bicyclic) bond motifs is 3. The van der Waals surface area contributed by atoms with E-state index in [1.54, 1.807) is 0 Å². The van der Waals surface area contributed by atoms with E-state index in [4.69, 9.17) is 0 Å².